The van der Waals surface area contributed by atoms with E-state index >= 15 is 0 Å². The maximum atomic E-state index is 10.9. The van der Waals surface area contributed by atoms with E-state index in [9.17, 15) is 4.79 Å². The lowest BCUT2D eigenvalue weighted by Gasteiger charge is -2.11. The van der Waals surface area contributed by atoms with Gasteiger partial charge in [-0.3, -0.25) is 0 Å². The number of carbonyl (C=O) groups is 1. The van der Waals surface area contributed by atoms with Gasteiger partial charge < -0.3 is 14.6 Å². The summed E-state index contributed by atoms with van der Waals surface area (Å²) in [6, 6.07) is 4.81. The zero-order chi connectivity index (χ0) is 11.3. The van der Waals surface area contributed by atoms with Crippen molar-refractivity contribution in [3.05, 3.63) is 23.8 Å². The van der Waals surface area contributed by atoms with E-state index in [0.29, 0.717) is 15.0 Å². The van der Waals surface area contributed by atoms with Gasteiger partial charge in [0.1, 0.15) is 14.8 Å². The normalized spacial score (nSPS) is 9.73. The first-order valence-electron chi connectivity index (χ1n) is 3.94. The third-order valence-electron chi connectivity index (χ3n) is 1.62. The molecule has 0 aliphatic carbocycles. The van der Waals surface area contributed by atoms with Crippen molar-refractivity contribution < 1.29 is 19.4 Å². The summed E-state index contributed by atoms with van der Waals surface area (Å²) in [5, 5.41) is 8.95. The number of ether oxygens (including phenoxy) is 2. The Morgan fingerprint density at radius 3 is 2.47 bits per heavy atom. The number of halogens is 2. The molecule has 15 heavy (non-hydrogen) atoms. The Balaban J connectivity index is 3.15. The molecule has 6 heteroatoms. The highest BCUT2D eigenvalue weighted by atomic mass is 127. The van der Waals surface area contributed by atoms with Crippen molar-refractivity contribution in [2.45, 2.75) is 0 Å². The van der Waals surface area contributed by atoms with Crippen molar-refractivity contribution in [3.63, 3.8) is 0 Å². The number of aromatic carboxylic acids is 1. The van der Waals surface area contributed by atoms with E-state index < -0.39 is 5.97 Å². The quantitative estimate of drug-likeness (QED) is 0.573. The average Bonchev–Trinajstić information content (AvgIpc) is 2.21. The molecule has 82 valence electrons. The Morgan fingerprint density at radius 1 is 1.27 bits per heavy atom. The number of hydrogen-bond donors (Lipinski definition) is 1. The van der Waals surface area contributed by atoms with Crippen LogP contribution in [0, 0.1) is 0 Å². The monoisotopic (exact) mass is 434 g/mol. The van der Waals surface area contributed by atoms with Gasteiger partial charge in [0.25, 0.3) is 0 Å². The summed E-state index contributed by atoms with van der Waals surface area (Å²) in [4.78, 5) is 10.9. The van der Waals surface area contributed by atoms with Gasteiger partial charge in [0.15, 0.2) is 11.5 Å². The summed E-state index contributed by atoms with van der Waals surface area (Å²) in [7, 11) is 0. The van der Waals surface area contributed by atoms with Crippen LogP contribution in [0.25, 0.3) is 0 Å². The number of carboxylic acids is 1. The van der Waals surface area contributed by atoms with E-state index in [1.807, 2.05) is 45.2 Å². The molecule has 0 bridgehead atoms. The van der Waals surface area contributed by atoms with Gasteiger partial charge in [-0.2, -0.15) is 0 Å². The second-order valence-corrected chi connectivity index (χ2v) is 3.69. The zero-order valence-electron chi connectivity index (χ0n) is 7.57. The molecule has 0 atom stereocenters. The van der Waals surface area contributed by atoms with Crippen LogP contribution in [0.4, 0.5) is 0 Å². The van der Waals surface area contributed by atoms with E-state index in [0.717, 1.165) is 0 Å². The van der Waals surface area contributed by atoms with Crippen molar-refractivity contribution in [2.24, 2.45) is 0 Å². The van der Waals surface area contributed by atoms with Crippen molar-refractivity contribution in [3.8, 4) is 11.5 Å². The maximum absolute atomic E-state index is 10.9. The van der Waals surface area contributed by atoms with Crippen molar-refractivity contribution in [1.82, 2.24) is 0 Å². The van der Waals surface area contributed by atoms with Gasteiger partial charge in [0, 0.05) is 0 Å². The molecule has 1 aromatic carbocycles. The van der Waals surface area contributed by atoms with Gasteiger partial charge in [-0.1, -0.05) is 6.07 Å². The first-order valence-corrected chi connectivity index (χ1v) is 6.99. The van der Waals surface area contributed by atoms with Crippen LogP contribution in [0.1, 0.15) is 10.4 Å². The maximum Gasteiger partial charge on any atom is 0.339 e. The molecule has 0 aromatic heterocycles. The minimum atomic E-state index is -1.02. The van der Waals surface area contributed by atoms with Crippen LogP contribution in [0.2, 0.25) is 0 Å². The molecule has 0 fully saturated rings. The van der Waals surface area contributed by atoms with Crippen LogP contribution in [-0.4, -0.2) is 20.3 Å². The Labute approximate surface area is 114 Å². The highest BCUT2D eigenvalue weighted by Crippen LogP contribution is 2.32. The molecule has 1 N–H and O–H groups in total. The Hall–Kier alpha value is -0.250. The van der Waals surface area contributed by atoms with Gasteiger partial charge in [0.05, 0.1) is 0 Å². The Morgan fingerprint density at radius 2 is 1.93 bits per heavy atom. The Bertz CT molecular complexity index is 354. The van der Waals surface area contributed by atoms with Crippen LogP contribution >= 0.6 is 45.2 Å². The summed E-state index contributed by atoms with van der Waals surface area (Å²) in [5.74, 6) is -0.272. The van der Waals surface area contributed by atoms with Crippen LogP contribution in [0.3, 0.4) is 0 Å². The van der Waals surface area contributed by atoms with Gasteiger partial charge >= 0.3 is 5.97 Å². The van der Waals surface area contributed by atoms with E-state index in [1.54, 1.807) is 12.1 Å². The number of para-hydroxylation sites is 1. The molecule has 1 aromatic rings. The molecule has 0 radical (unpaired) electrons. The largest absolute Gasteiger partial charge is 0.479 e. The van der Waals surface area contributed by atoms with E-state index in [1.165, 1.54) is 6.07 Å². The minimum Gasteiger partial charge on any atom is -0.479 e. The molecule has 0 heterocycles. The highest BCUT2D eigenvalue weighted by molar-refractivity contribution is 14.1. The first-order chi connectivity index (χ1) is 7.20. The fourth-order valence-corrected chi connectivity index (χ4v) is 1.71. The fourth-order valence-electron chi connectivity index (χ4n) is 1.06. The van der Waals surface area contributed by atoms with Crippen LogP contribution < -0.4 is 9.47 Å². The average molecular weight is 434 g/mol. The summed E-state index contributed by atoms with van der Waals surface area (Å²) < 4.78 is 11.4. The molecule has 0 unspecified atom stereocenters. The number of alkyl halides is 2. The second kappa shape index (κ2) is 6.36. The predicted octanol–water partition coefficient (Wildman–Crippen LogP) is 2.93. The summed E-state index contributed by atoms with van der Waals surface area (Å²) in [5.41, 5.74) is 0.119. The predicted molar refractivity (Wildman–Crippen MR) is 72.4 cm³/mol. The van der Waals surface area contributed by atoms with E-state index in [-0.39, 0.29) is 11.3 Å². The third-order valence-corrected chi connectivity index (χ3v) is 2.24. The van der Waals surface area contributed by atoms with Gasteiger partial charge in [-0.15, -0.1) is 0 Å². The zero-order valence-corrected chi connectivity index (χ0v) is 11.9. The molecule has 0 aliphatic heterocycles. The summed E-state index contributed by atoms with van der Waals surface area (Å²) in [6.45, 7) is 0. The smallest absolute Gasteiger partial charge is 0.339 e. The second-order valence-electron chi connectivity index (χ2n) is 2.44. The molecular weight excluding hydrogens is 426 g/mol. The number of rotatable bonds is 5. The lowest BCUT2D eigenvalue weighted by Crippen LogP contribution is -2.04. The van der Waals surface area contributed by atoms with Crippen molar-refractivity contribution in [1.29, 1.82) is 0 Å². The van der Waals surface area contributed by atoms with E-state index in [2.05, 4.69) is 0 Å². The number of benzene rings is 1. The van der Waals surface area contributed by atoms with Gasteiger partial charge in [-0.25, -0.2) is 4.79 Å². The molecule has 0 spiro atoms. The first kappa shape index (κ1) is 12.8. The lowest BCUT2D eigenvalue weighted by atomic mass is 10.2. The number of hydrogen-bond acceptors (Lipinski definition) is 3. The van der Waals surface area contributed by atoms with E-state index in [4.69, 9.17) is 14.6 Å². The lowest BCUT2D eigenvalue weighted by molar-refractivity contribution is 0.0692. The number of carboxylic acid groups (broad SMARTS) is 1. The van der Waals surface area contributed by atoms with Gasteiger partial charge in [-0.05, 0) is 57.3 Å². The van der Waals surface area contributed by atoms with Crippen LogP contribution in [0.5, 0.6) is 11.5 Å². The van der Waals surface area contributed by atoms with Crippen LogP contribution in [-0.2, 0) is 0 Å². The summed E-state index contributed by atoms with van der Waals surface area (Å²) in [6.07, 6.45) is 0. The summed E-state index contributed by atoms with van der Waals surface area (Å²) >= 11 is 4.04. The standard InChI is InChI=1S/C9H8I2O4/c10-4-14-7-3-1-2-6(9(12)13)8(7)15-5-11/h1-3H,4-5H2,(H,12,13). The SMILES string of the molecule is O=C(O)c1cccc(OCI)c1OCI. The molecule has 0 amide bonds. The van der Waals surface area contributed by atoms with Crippen LogP contribution in [0.15, 0.2) is 18.2 Å². The van der Waals surface area contributed by atoms with Gasteiger partial charge in [0.2, 0.25) is 0 Å². The molecule has 4 nitrogen and oxygen atoms in total. The Kier molecular flexibility index (Phi) is 5.43. The third kappa shape index (κ3) is 3.37. The fraction of sp³-hybridized carbons (Fsp3) is 0.222. The highest BCUT2D eigenvalue weighted by Gasteiger charge is 2.15. The molecule has 0 saturated carbocycles. The molecule has 1 rings (SSSR count). The van der Waals surface area contributed by atoms with Crippen molar-refractivity contribution >= 4 is 51.2 Å². The molecular formula is C9H8I2O4. The minimum absolute atomic E-state index is 0.119. The van der Waals surface area contributed by atoms with Crippen molar-refractivity contribution in [2.75, 3.05) is 9.23 Å². The molecule has 0 aliphatic rings. The topological polar surface area (TPSA) is 55.8 Å². The molecule has 0 saturated heterocycles.